The van der Waals surface area contributed by atoms with Gasteiger partial charge < -0.3 is 19.8 Å². The number of anilines is 1. The van der Waals surface area contributed by atoms with Crippen LogP contribution in [0, 0.1) is 5.82 Å². The Hall–Kier alpha value is -2.45. The number of carbonyl (C=O) groups excluding carboxylic acids is 2. The van der Waals surface area contributed by atoms with Gasteiger partial charge >= 0.3 is 5.97 Å². The fourth-order valence-electron chi connectivity index (χ4n) is 3.58. The van der Waals surface area contributed by atoms with Crippen LogP contribution < -0.4 is 5.32 Å². The van der Waals surface area contributed by atoms with Crippen molar-refractivity contribution in [3.63, 3.8) is 0 Å². The SMILES string of the molecule is CCOC(=O)c1[nH]c2ccc(F)cc2c1NC(=O)C(C)N1CC(C)OC(C)C1. The Morgan fingerprint density at radius 3 is 2.68 bits per heavy atom. The second-order valence-electron chi connectivity index (χ2n) is 7.16. The summed E-state index contributed by atoms with van der Waals surface area (Å²) in [5.74, 6) is -1.34. The average molecular weight is 391 g/mol. The lowest BCUT2D eigenvalue weighted by Crippen LogP contribution is -2.52. The molecule has 3 atom stereocenters. The zero-order valence-electron chi connectivity index (χ0n) is 16.5. The van der Waals surface area contributed by atoms with Crippen LogP contribution in [0.2, 0.25) is 0 Å². The van der Waals surface area contributed by atoms with E-state index in [1.807, 2.05) is 18.7 Å². The third-order valence-electron chi connectivity index (χ3n) is 4.86. The van der Waals surface area contributed by atoms with E-state index in [0.29, 0.717) is 24.0 Å². The molecule has 1 aliphatic heterocycles. The lowest BCUT2D eigenvalue weighted by atomic mass is 10.1. The Morgan fingerprint density at radius 1 is 1.36 bits per heavy atom. The van der Waals surface area contributed by atoms with E-state index in [4.69, 9.17) is 9.47 Å². The number of H-pyrrole nitrogens is 1. The van der Waals surface area contributed by atoms with Gasteiger partial charge in [-0.2, -0.15) is 0 Å². The van der Waals surface area contributed by atoms with Gasteiger partial charge in [0, 0.05) is 24.0 Å². The van der Waals surface area contributed by atoms with Gasteiger partial charge in [-0.05, 0) is 45.9 Å². The van der Waals surface area contributed by atoms with Gasteiger partial charge in [-0.3, -0.25) is 9.69 Å². The highest BCUT2D eigenvalue weighted by Crippen LogP contribution is 2.29. The number of carbonyl (C=O) groups is 2. The highest BCUT2D eigenvalue weighted by molar-refractivity contribution is 6.11. The molecule has 1 aromatic heterocycles. The third-order valence-corrected chi connectivity index (χ3v) is 4.86. The first kappa shape index (κ1) is 20.3. The zero-order valence-corrected chi connectivity index (χ0v) is 16.5. The van der Waals surface area contributed by atoms with Crippen molar-refractivity contribution in [3.05, 3.63) is 29.7 Å². The largest absolute Gasteiger partial charge is 0.461 e. The standard InChI is InChI=1S/C20H26FN3O4/c1-5-27-20(26)18-17(15-8-14(21)6-7-16(15)22-18)23-19(25)13(4)24-9-11(2)28-12(3)10-24/h6-8,11-13,22H,5,9-10H2,1-4H3,(H,23,25). The molecule has 8 heteroatoms. The van der Waals surface area contributed by atoms with Gasteiger partial charge in [0.1, 0.15) is 11.5 Å². The number of aromatic amines is 1. The number of rotatable bonds is 5. The van der Waals surface area contributed by atoms with Crippen LogP contribution in [0.5, 0.6) is 0 Å². The maximum Gasteiger partial charge on any atom is 0.356 e. The number of aromatic nitrogens is 1. The van der Waals surface area contributed by atoms with E-state index in [0.717, 1.165) is 0 Å². The predicted octanol–water partition coefficient (Wildman–Crippen LogP) is 2.92. The number of morpholine rings is 1. The maximum atomic E-state index is 13.8. The molecule has 0 saturated carbocycles. The topological polar surface area (TPSA) is 83.7 Å². The molecule has 28 heavy (non-hydrogen) atoms. The van der Waals surface area contributed by atoms with Crippen molar-refractivity contribution in [1.82, 2.24) is 9.88 Å². The van der Waals surface area contributed by atoms with Crippen molar-refractivity contribution in [1.29, 1.82) is 0 Å². The van der Waals surface area contributed by atoms with Crippen LogP contribution in [0.3, 0.4) is 0 Å². The molecule has 0 radical (unpaired) electrons. The van der Waals surface area contributed by atoms with Gasteiger partial charge in [0.15, 0.2) is 0 Å². The molecule has 0 bridgehead atoms. The minimum atomic E-state index is -0.601. The van der Waals surface area contributed by atoms with Gasteiger partial charge in [-0.15, -0.1) is 0 Å². The number of esters is 1. The summed E-state index contributed by atoms with van der Waals surface area (Å²) < 4.78 is 24.6. The van der Waals surface area contributed by atoms with Crippen LogP contribution in [-0.2, 0) is 14.3 Å². The number of fused-ring (bicyclic) bond motifs is 1. The lowest BCUT2D eigenvalue weighted by Gasteiger charge is -2.38. The summed E-state index contributed by atoms with van der Waals surface area (Å²) in [6.45, 7) is 8.89. The third kappa shape index (κ3) is 4.18. The van der Waals surface area contributed by atoms with Crippen LogP contribution in [0.25, 0.3) is 10.9 Å². The summed E-state index contributed by atoms with van der Waals surface area (Å²) in [6.07, 6.45) is 0.0487. The molecule has 3 unspecified atom stereocenters. The second-order valence-corrected chi connectivity index (χ2v) is 7.16. The molecule has 0 spiro atoms. The van der Waals surface area contributed by atoms with Crippen LogP contribution in [0.4, 0.5) is 10.1 Å². The number of ether oxygens (including phenoxy) is 2. The summed E-state index contributed by atoms with van der Waals surface area (Å²) in [4.78, 5) is 30.2. The Kier molecular flexibility index (Phi) is 6.00. The van der Waals surface area contributed by atoms with Crippen molar-refractivity contribution >= 4 is 28.5 Å². The van der Waals surface area contributed by atoms with Crippen LogP contribution >= 0.6 is 0 Å². The van der Waals surface area contributed by atoms with Crippen molar-refractivity contribution < 1.29 is 23.5 Å². The fourth-order valence-corrected chi connectivity index (χ4v) is 3.58. The fraction of sp³-hybridized carbons (Fsp3) is 0.500. The Labute approximate surface area is 163 Å². The molecule has 7 nitrogen and oxygen atoms in total. The van der Waals surface area contributed by atoms with Gasteiger partial charge in [0.05, 0.1) is 30.5 Å². The van der Waals surface area contributed by atoms with E-state index < -0.39 is 17.8 Å². The zero-order chi connectivity index (χ0) is 20.4. The monoisotopic (exact) mass is 391 g/mol. The van der Waals surface area contributed by atoms with Crippen molar-refractivity contribution in [2.45, 2.75) is 45.9 Å². The molecule has 0 aliphatic carbocycles. The molecule has 3 rings (SSSR count). The van der Waals surface area contributed by atoms with Crippen molar-refractivity contribution in [3.8, 4) is 0 Å². The van der Waals surface area contributed by atoms with Gasteiger partial charge in [0.2, 0.25) is 5.91 Å². The molecular formula is C20H26FN3O4. The molecule has 1 fully saturated rings. The minimum absolute atomic E-state index is 0.0243. The number of hydrogen-bond donors (Lipinski definition) is 2. The summed E-state index contributed by atoms with van der Waals surface area (Å²) >= 11 is 0. The number of hydrogen-bond acceptors (Lipinski definition) is 5. The number of halogens is 1. The van der Waals surface area contributed by atoms with Gasteiger partial charge in [-0.1, -0.05) is 0 Å². The second kappa shape index (κ2) is 8.28. The number of nitrogens with one attached hydrogen (secondary N) is 2. The molecule has 1 saturated heterocycles. The molecule has 1 amide bonds. The highest BCUT2D eigenvalue weighted by atomic mass is 19.1. The van der Waals surface area contributed by atoms with E-state index in [1.165, 1.54) is 18.2 Å². The Balaban J connectivity index is 1.89. The van der Waals surface area contributed by atoms with E-state index in [9.17, 15) is 14.0 Å². The smallest absolute Gasteiger partial charge is 0.356 e. The average Bonchev–Trinajstić information content (AvgIpc) is 2.98. The molecule has 1 aromatic carbocycles. The molecule has 152 valence electrons. The molecule has 2 heterocycles. The summed E-state index contributed by atoms with van der Waals surface area (Å²) in [7, 11) is 0. The Morgan fingerprint density at radius 2 is 2.04 bits per heavy atom. The summed E-state index contributed by atoms with van der Waals surface area (Å²) in [5.41, 5.74) is 0.881. The minimum Gasteiger partial charge on any atom is -0.461 e. The quantitative estimate of drug-likeness (QED) is 0.766. The Bertz CT molecular complexity index is 872. The van der Waals surface area contributed by atoms with Gasteiger partial charge in [-0.25, -0.2) is 9.18 Å². The number of benzene rings is 1. The van der Waals surface area contributed by atoms with E-state index in [-0.39, 0.29) is 36.1 Å². The normalized spacial score (nSPS) is 21.5. The van der Waals surface area contributed by atoms with E-state index in [2.05, 4.69) is 10.3 Å². The first-order valence-electron chi connectivity index (χ1n) is 9.48. The van der Waals surface area contributed by atoms with Crippen LogP contribution in [-0.4, -0.2) is 59.7 Å². The molecule has 1 aliphatic rings. The van der Waals surface area contributed by atoms with Crippen molar-refractivity contribution in [2.24, 2.45) is 0 Å². The first-order valence-corrected chi connectivity index (χ1v) is 9.48. The summed E-state index contributed by atoms with van der Waals surface area (Å²) in [6, 6.07) is 3.66. The lowest BCUT2D eigenvalue weighted by molar-refractivity contribution is -0.126. The molecular weight excluding hydrogens is 365 g/mol. The maximum absolute atomic E-state index is 13.8. The predicted molar refractivity (Wildman–Crippen MR) is 104 cm³/mol. The summed E-state index contributed by atoms with van der Waals surface area (Å²) in [5, 5.41) is 3.23. The van der Waals surface area contributed by atoms with E-state index >= 15 is 0 Å². The van der Waals surface area contributed by atoms with Crippen LogP contribution in [0.15, 0.2) is 18.2 Å². The van der Waals surface area contributed by atoms with Crippen molar-refractivity contribution in [2.75, 3.05) is 25.0 Å². The number of nitrogens with zero attached hydrogens (tertiary/aromatic N) is 1. The first-order chi connectivity index (χ1) is 13.3. The number of amides is 1. The van der Waals surface area contributed by atoms with Gasteiger partial charge in [0.25, 0.3) is 0 Å². The molecule has 2 N–H and O–H groups in total. The van der Waals surface area contributed by atoms with Crippen LogP contribution in [0.1, 0.15) is 38.2 Å². The molecule has 2 aromatic rings. The van der Waals surface area contributed by atoms with E-state index in [1.54, 1.807) is 13.8 Å². The highest BCUT2D eigenvalue weighted by Gasteiger charge is 2.30.